The quantitative estimate of drug-likeness (QED) is 0.764. The minimum absolute atomic E-state index is 0.116. The second kappa shape index (κ2) is 8.70. The van der Waals surface area contributed by atoms with Gasteiger partial charge < -0.3 is 10.5 Å². The Labute approximate surface area is 165 Å². The van der Waals surface area contributed by atoms with Crippen LogP contribution in [0.25, 0.3) is 0 Å². The summed E-state index contributed by atoms with van der Waals surface area (Å²) in [5.74, 6) is -0.179. The van der Waals surface area contributed by atoms with Gasteiger partial charge in [-0.3, -0.25) is 9.78 Å². The number of nitrogens with two attached hydrogens (primary N) is 1. The van der Waals surface area contributed by atoms with E-state index in [0.717, 1.165) is 24.8 Å². The van der Waals surface area contributed by atoms with Gasteiger partial charge in [-0.2, -0.15) is 4.31 Å². The number of carbonyl (C=O) groups excluding carboxylic acids is 1. The highest BCUT2D eigenvalue weighted by atomic mass is 32.2. The molecule has 1 aromatic carbocycles. The van der Waals surface area contributed by atoms with Crippen molar-refractivity contribution in [2.45, 2.75) is 43.6 Å². The van der Waals surface area contributed by atoms with E-state index in [0.29, 0.717) is 23.6 Å². The Morgan fingerprint density at radius 2 is 2.04 bits per heavy atom. The fourth-order valence-electron chi connectivity index (χ4n) is 3.30. The predicted octanol–water partition coefficient (Wildman–Crippen LogP) is 2.37. The summed E-state index contributed by atoms with van der Waals surface area (Å²) in [6, 6.07) is 10.2. The van der Waals surface area contributed by atoms with E-state index in [4.69, 9.17) is 10.5 Å². The molecule has 1 unspecified atom stereocenters. The maximum Gasteiger partial charge on any atom is 0.267 e. The SMILES string of the molecule is CCCc1ccc(S(=O)(=O)N2CCCC(Oc3ccnc(C(N)=O)c3)C2)cc1. The second-order valence-electron chi connectivity index (χ2n) is 6.88. The topological polar surface area (TPSA) is 103 Å². The van der Waals surface area contributed by atoms with Crippen molar-refractivity contribution in [1.82, 2.24) is 9.29 Å². The fourth-order valence-corrected chi connectivity index (χ4v) is 4.81. The molecule has 3 rings (SSSR count). The molecule has 150 valence electrons. The maximum absolute atomic E-state index is 13.0. The summed E-state index contributed by atoms with van der Waals surface area (Å²) < 4.78 is 33.4. The number of carbonyl (C=O) groups is 1. The van der Waals surface area contributed by atoms with E-state index < -0.39 is 15.9 Å². The Hall–Kier alpha value is -2.45. The van der Waals surface area contributed by atoms with Crippen LogP contribution in [0.3, 0.4) is 0 Å². The number of aryl methyl sites for hydroxylation is 1. The van der Waals surface area contributed by atoms with Gasteiger partial charge in [-0.15, -0.1) is 0 Å². The lowest BCUT2D eigenvalue weighted by atomic mass is 10.1. The van der Waals surface area contributed by atoms with Gasteiger partial charge >= 0.3 is 0 Å². The van der Waals surface area contributed by atoms with Crippen molar-refractivity contribution in [2.75, 3.05) is 13.1 Å². The fraction of sp³-hybridized carbons (Fsp3) is 0.400. The molecule has 0 bridgehead atoms. The molecule has 0 radical (unpaired) electrons. The number of hydrogen-bond donors (Lipinski definition) is 1. The van der Waals surface area contributed by atoms with Gasteiger partial charge in [-0.05, 0) is 43.0 Å². The first kappa shape index (κ1) is 20.3. The molecule has 1 atom stereocenters. The lowest BCUT2D eigenvalue weighted by molar-refractivity contribution is 0.0993. The zero-order valence-corrected chi connectivity index (χ0v) is 16.7. The van der Waals surface area contributed by atoms with E-state index in [9.17, 15) is 13.2 Å². The number of benzene rings is 1. The number of nitrogens with zero attached hydrogens (tertiary/aromatic N) is 2. The third-order valence-electron chi connectivity index (χ3n) is 4.73. The molecule has 2 N–H and O–H groups in total. The Kier molecular flexibility index (Phi) is 6.31. The molecule has 0 aliphatic carbocycles. The lowest BCUT2D eigenvalue weighted by Crippen LogP contribution is -2.44. The molecule has 28 heavy (non-hydrogen) atoms. The summed E-state index contributed by atoms with van der Waals surface area (Å²) in [6.07, 6.45) is 4.53. The molecule has 1 amide bonds. The number of aromatic nitrogens is 1. The summed E-state index contributed by atoms with van der Waals surface area (Å²) in [6.45, 7) is 2.81. The van der Waals surface area contributed by atoms with Gasteiger partial charge in [0.25, 0.3) is 5.91 Å². The van der Waals surface area contributed by atoms with Gasteiger partial charge in [0.1, 0.15) is 17.5 Å². The van der Waals surface area contributed by atoms with E-state index >= 15 is 0 Å². The Balaban J connectivity index is 1.71. The van der Waals surface area contributed by atoms with Crippen molar-refractivity contribution < 1.29 is 17.9 Å². The number of hydrogen-bond acceptors (Lipinski definition) is 5. The number of sulfonamides is 1. The van der Waals surface area contributed by atoms with E-state index in [-0.39, 0.29) is 18.3 Å². The first-order chi connectivity index (χ1) is 13.4. The van der Waals surface area contributed by atoms with Crippen LogP contribution in [0.4, 0.5) is 0 Å². The number of piperidine rings is 1. The second-order valence-corrected chi connectivity index (χ2v) is 8.82. The highest BCUT2D eigenvalue weighted by Gasteiger charge is 2.31. The number of pyridine rings is 1. The predicted molar refractivity (Wildman–Crippen MR) is 106 cm³/mol. The number of ether oxygens (including phenoxy) is 1. The van der Waals surface area contributed by atoms with Crippen LogP contribution in [-0.2, 0) is 16.4 Å². The standard InChI is InChI=1S/C20H25N3O4S/c1-2-4-15-6-8-18(9-7-15)28(25,26)23-12-3-5-17(14-23)27-16-10-11-22-19(13-16)20(21)24/h6-11,13,17H,2-5,12,14H2,1H3,(H2,21,24). The van der Waals surface area contributed by atoms with Gasteiger partial charge in [0.05, 0.1) is 11.4 Å². The summed E-state index contributed by atoms with van der Waals surface area (Å²) in [5.41, 5.74) is 6.49. The molecule has 2 heterocycles. The van der Waals surface area contributed by atoms with Crippen molar-refractivity contribution in [3.05, 3.63) is 53.9 Å². The summed E-state index contributed by atoms with van der Waals surface area (Å²) >= 11 is 0. The van der Waals surface area contributed by atoms with E-state index in [1.54, 1.807) is 18.2 Å². The largest absolute Gasteiger partial charge is 0.489 e. The molecule has 0 saturated carbocycles. The molecule has 1 fully saturated rings. The number of amides is 1. The minimum Gasteiger partial charge on any atom is -0.489 e. The molecule has 1 aliphatic rings. The van der Waals surface area contributed by atoms with Crippen molar-refractivity contribution in [3.8, 4) is 5.75 Å². The van der Waals surface area contributed by atoms with Gasteiger partial charge in [0, 0.05) is 18.8 Å². The van der Waals surface area contributed by atoms with Crippen molar-refractivity contribution >= 4 is 15.9 Å². The third-order valence-corrected chi connectivity index (χ3v) is 6.61. The van der Waals surface area contributed by atoms with Crippen LogP contribution in [0.1, 0.15) is 42.2 Å². The molecular weight excluding hydrogens is 378 g/mol. The molecule has 1 saturated heterocycles. The van der Waals surface area contributed by atoms with Crippen LogP contribution in [0.15, 0.2) is 47.5 Å². The van der Waals surface area contributed by atoms with Crippen LogP contribution in [0.2, 0.25) is 0 Å². The minimum atomic E-state index is -3.57. The zero-order chi connectivity index (χ0) is 20.1. The third kappa shape index (κ3) is 4.69. The molecule has 8 heteroatoms. The average Bonchev–Trinajstić information content (AvgIpc) is 2.69. The molecule has 0 spiro atoms. The van der Waals surface area contributed by atoms with Gasteiger partial charge in [-0.1, -0.05) is 25.5 Å². The highest BCUT2D eigenvalue weighted by molar-refractivity contribution is 7.89. The Bertz CT molecular complexity index is 929. The summed E-state index contributed by atoms with van der Waals surface area (Å²) in [4.78, 5) is 15.5. The van der Waals surface area contributed by atoms with Crippen molar-refractivity contribution in [1.29, 1.82) is 0 Å². The summed E-state index contributed by atoms with van der Waals surface area (Å²) in [7, 11) is -3.57. The zero-order valence-electron chi connectivity index (χ0n) is 15.9. The van der Waals surface area contributed by atoms with E-state index in [1.807, 2.05) is 12.1 Å². The summed E-state index contributed by atoms with van der Waals surface area (Å²) in [5, 5.41) is 0. The number of rotatable bonds is 7. The van der Waals surface area contributed by atoms with E-state index in [2.05, 4.69) is 11.9 Å². The van der Waals surface area contributed by atoms with Crippen LogP contribution < -0.4 is 10.5 Å². The molecular formula is C20H25N3O4S. The monoisotopic (exact) mass is 403 g/mol. The van der Waals surface area contributed by atoms with Gasteiger partial charge in [-0.25, -0.2) is 8.42 Å². The molecule has 1 aromatic heterocycles. The molecule has 7 nitrogen and oxygen atoms in total. The van der Waals surface area contributed by atoms with Gasteiger partial charge in [0.2, 0.25) is 10.0 Å². The normalized spacial score (nSPS) is 18.0. The average molecular weight is 404 g/mol. The van der Waals surface area contributed by atoms with Crippen LogP contribution in [0, 0.1) is 0 Å². The molecule has 1 aliphatic heterocycles. The Morgan fingerprint density at radius 1 is 1.29 bits per heavy atom. The lowest BCUT2D eigenvalue weighted by Gasteiger charge is -2.32. The van der Waals surface area contributed by atoms with Crippen LogP contribution in [-0.4, -0.2) is 42.8 Å². The van der Waals surface area contributed by atoms with Gasteiger partial charge in [0.15, 0.2) is 0 Å². The maximum atomic E-state index is 13.0. The first-order valence-corrected chi connectivity index (χ1v) is 10.9. The first-order valence-electron chi connectivity index (χ1n) is 9.41. The van der Waals surface area contributed by atoms with E-state index in [1.165, 1.54) is 16.6 Å². The van der Waals surface area contributed by atoms with Crippen molar-refractivity contribution in [2.24, 2.45) is 5.73 Å². The molecule has 2 aromatic rings. The van der Waals surface area contributed by atoms with Crippen LogP contribution >= 0.6 is 0 Å². The van der Waals surface area contributed by atoms with Crippen LogP contribution in [0.5, 0.6) is 5.75 Å². The van der Waals surface area contributed by atoms with Crippen molar-refractivity contribution in [3.63, 3.8) is 0 Å². The Morgan fingerprint density at radius 3 is 2.71 bits per heavy atom. The number of primary amides is 1. The smallest absolute Gasteiger partial charge is 0.267 e. The highest BCUT2D eigenvalue weighted by Crippen LogP contribution is 2.24.